The number of rotatable bonds is 6. The molecule has 0 radical (unpaired) electrons. The Kier molecular flexibility index (Phi) is 5.87. The van der Waals surface area contributed by atoms with E-state index in [0.717, 1.165) is 36.8 Å². The zero-order valence-electron chi connectivity index (χ0n) is 15.6. The van der Waals surface area contributed by atoms with Crippen LogP contribution < -0.4 is 15.0 Å². The van der Waals surface area contributed by atoms with Gasteiger partial charge in [0.15, 0.2) is 5.13 Å². The largest absolute Gasteiger partial charge is 0.457 e. The minimum atomic E-state index is -0.0439. The number of piperidine rings is 1. The van der Waals surface area contributed by atoms with E-state index >= 15 is 0 Å². The number of anilines is 1. The van der Waals surface area contributed by atoms with Crippen LogP contribution in [0.1, 0.15) is 23.2 Å². The Morgan fingerprint density at radius 1 is 1.14 bits per heavy atom. The molecule has 1 aliphatic heterocycles. The van der Waals surface area contributed by atoms with Crippen LogP contribution >= 0.6 is 11.3 Å². The number of ether oxygens (including phenoxy) is 1. The Balaban J connectivity index is 1.29. The summed E-state index contributed by atoms with van der Waals surface area (Å²) in [7, 11) is 0. The second kappa shape index (κ2) is 8.89. The van der Waals surface area contributed by atoms with Gasteiger partial charge < -0.3 is 15.0 Å². The lowest BCUT2D eigenvalue weighted by atomic mass is 9.98. The average Bonchev–Trinajstić information content (AvgIpc) is 3.29. The molecule has 1 unspecified atom stereocenters. The maximum absolute atomic E-state index is 12.5. The zero-order chi connectivity index (χ0) is 19.2. The first-order valence-electron chi connectivity index (χ1n) is 9.53. The van der Waals surface area contributed by atoms with Crippen LogP contribution in [-0.4, -0.2) is 30.5 Å². The molecule has 3 aromatic rings. The lowest BCUT2D eigenvalue weighted by Gasteiger charge is -2.32. The molecule has 1 saturated heterocycles. The van der Waals surface area contributed by atoms with Crippen molar-refractivity contribution < 1.29 is 9.53 Å². The van der Waals surface area contributed by atoms with Gasteiger partial charge >= 0.3 is 0 Å². The summed E-state index contributed by atoms with van der Waals surface area (Å²) >= 11 is 1.67. The van der Waals surface area contributed by atoms with E-state index < -0.39 is 0 Å². The van der Waals surface area contributed by atoms with Gasteiger partial charge in [0, 0.05) is 36.8 Å². The highest BCUT2D eigenvalue weighted by atomic mass is 32.1. The Bertz CT molecular complexity index is 882. The van der Waals surface area contributed by atoms with Crippen LogP contribution in [0.3, 0.4) is 0 Å². The van der Waals surface area contributed by atoms with Gasteiger partial charge in [-0.15, -0.1) is 11.3 Å². The van der Waals surface area contributed by atoms with E-state index in [9.17, 15) is 4.79 Å². The Labute approximate surface area is 169 Å². The highest BCUT2D eigenvalue weighted by molar-refractivity contribution is 7.13. The van der Waals surface area contributed by atoms with Gasteiger partial charge in [0.05, 0.1) is 0 Å². The lowest BCUT2D eigenvalue weighted by molar-refractivity contribution is 0.0945. The van der Waals surface area contributed by atoms with Crippen LogP contribution in [0.15, 0.2) is 66.2 Å². The number of hydrogen-bond acceptors (Lipinski definition) is 5. The van der Waals surface area contributed by atoms with E-state index in [1.54, 1.807) is 23.5 Å². The lowest BCUT2D eigenvalue weighted by Crippen LogP contribution is -2.41. The van der Waals surface area contributed by atoms with Crippen LogP contribution in [0.5, 0.6) is 11.5 Å². The second-order valence-electron chi connectivity index (χ2n) is 6.92. The third kappa shape index (κ3) is 4.70. The Morgan fingerprint density at radius 3 is 2.68 bits per heavy atom. The molecule has 1 amide bonds. The van der Waals surface area contributed by atoms with Crippen molar-refractivity contribution in [2.45, 2.75) is 12.8 Å². The van der Waals surface area contributed by atoms with Gasteiger partial charge in [0.1, 0.15) is 11.5 Å². The van der Waals surface area contributed by atoms with Gasteiger partial charge in [0.25, 0.3) is 5.91 Å². The normalized spacial score (nSPS) is 16.6. The highest BCUT2D eigenvalue weighted by Gasteiger charge is 2.22. The molecule has 5 nitrogen and oxygen atoms in total. The molecule has 1 fully saturated rings. The minimum absolute atomic E-state index is 0.0439. The molecule has 2 heterocycles. The first kappa shape index (κ1) is 18.5. The molecule has 6 heteroatoms. The van der Waals surface area contributed by atoms with Gasteiger partial charge in [-0.2, -0.15) is 0 Å². The number of aromatic nitrogens is 1. The van der Waals surface area contributed by atoms with E-state index in [4.69, 9.17) is 4.74 Å². The number of nitrogens with zero attached hydrogens (tertiary/aromatic N) is 2. The van der Waals surface area contributed by atoms with E-state index in [-0.39, 0.29) is 5.91 Å². The van der Waals surface area contributed by atoms with Crippen LogP contribution in [0.2, 0.25) is 0 Å². The average molecular weight is 394 g/mol. The van der Waals surface area contributed by atoms with Crippen molar-refractivity contribution in [1.82, 2.24) is 10.3 Å². The van der Waals surface area contributed by atoms with Crippen molar-refractivity contribution >= 4 is 22.4 Å². The summed E-state index contributed by atoms with van der Waals surface area (Å²) in [6.07, 6.45) is 4.11. The number of benzene rings is 2. The van der Waals surface area contributed by atoms with Crippen LogP contribution in [0, 0.1) is 5.92 Å². The van der Waals surface area contributed by atoms with E-state index in [1.165, 1.54) is 0 Å². The molecule has 2 aromatic carbocycles. The van der Waals surface area contributed by atoms with E-state index in [2.05, 4.69) is 15.2 Å². The number of carbonyl (C=O) groups excluding carboxylic acids is 1. The first-order valence-corrected chi connectivity index (χ1v) is 10.4. The molecular weight excluding hydrogens is 370 g/mol. The van der Waals surface area contributed by atoms with Crippen LogP contribution in [0.4, 0.5) is 5.13 Å². The topological polar surface area (TPSA) is 54.5 Å². The molecule has 0 spiro atoms. The third-order valence-corrected chi connectivity index (χ3v) is 5.69. The maximum Gasteiger partial charge on any atom is 0.251 e. The fourth-order valence-electron chi connectivity index (χ4n) is 3.42. The summed E-state index contributed by atoms with van der Waals surface area (Å²) in [5, 5.41) is 6.16. The highest BCUT2D eigenvalue weighted by Crippen LogP contribution is 2.25. The summed E-state index contributed by atoms with van der Waals surface area (Å²) in [4.78, 5) is 19.2. The molecule has 28 heavy (non-hydrogen) atoms. The number of nitrogens with one attached hydrogen (secondary N) is 1. The zero-order valence-corrected chi connectivity index (χ0v) is 16.4. The van der Waals surface area contributed by atoms with Crippen molar-refractivity contribution in [2.75, 3.05) is 24.5 Å². The molecule has 4 rings (SSSR count). The van der Waals surface area contributed by atoms with Crippen molar-refractivity contribution in [2.24, 2.45) is 5.92 Å². The predicted molar refractivity (Wildman–Crippen MR) is 112 cm³/mol. The quantitative estimate of drug-likeness (QED) is 0.666. The van der Waals surface area contributed by atoms with Crippen LogP contribution in [-0.2, 0) is 0 Å². The fourth-order valence-corrected chi connectivity index (χ4v) is 4.10. The first-order chi connectivity index (χ1) is 13.8. The van der Waals surface area contributed by atoms with Crippen molar-refractivity contribution in [3.05, 3.63) is 71.7 Å². The molecule has 1 aromatic heterocycles. The molecule has 144 valence electrons. The molecule has 1 aliphatic rings. The maximum atomic E-state index is 12.5. The van der Waals surface area contributed by atoms with E-state index in [1.807, 2.05) is 54.0 Å². The fraction of sp³-hybridized carbons (Fsp3) is 0.273. The molecule has 1 atom stereocenters. The van der Waals surface area contributed by atoms with Gasteiger partial charge in [0.2, 0.25) is 0 Å². The summed E-state index contributed by atoms with van der Waals surface area (Å²) in [5.74, 6) is 1.90. The van der Waals surface area contributed by atoms with Gasteiger partial charge in [-0.1, -0.05) is 18.2 Å². The number of amides is 1. The Morgan fingerprint density at radius 2 is 1.93 bits per heavy atom. The van der Waals surface area contributed by atoms with Crippen molar-refractivity contribution in [1.29, 1.82) is 0 Å². The predicted octanol–water partition coefficient (Wildman–Crippen LogP) is 4.58. The monoisotopic (exact) mass is 393 g/mol. The Hall–Kier alpha value is -2.86. The van der Waals surface area contributed by atoms with E-state index in [0.29, 0.717) is 23.8 Å². The second-order valence-corrected chi connectivity index (χ2v) is 7.79. The molecular formula is C22H23N3O2S. The standard InChI is InChI=1S/C22H23N3O2S/c26-21(18-8-10-20(11-9-18)27-19-6-2-1-3-7-19)24-15-17-5-4-13-25(16-17)22-23-12-14-28-22/h1-3,6-12,14,17H,4-5,13,15-16H2,(H,24,26). The SMILES string of the molecule is O=C(NCC1CCCN(c2nccs2)C1)c1ccc(Oc2ccccc2)cc1. The van der Waals surface area contributed by atoms with Crippen molar-refractivity contribution in [3.8, 4) is 11.5 Å². The number of thiazole rings is 1. The minimum Gasteiger partial charge on any atom is -0.457 e. The molecule has 0 bridgehead atoms. The van der Waals surface area contributed by atoms with Gasteiger partial charge in [-0.25, -0.2) is 4.98 Å². The van der Waals surface area contributed by atoms with Crippen molar-refractivity contribution in [3.63, 3.8) is 0 Å². The third-order valence-electron chi connectivity index (χ3n) is 4.86. The number of carbonyl (C=O) groups is 1. The summed E-state index contributed by atoms with van der Waals surface area (Å²) in [6, 6.07) is 16.9. The summed E-state index contributed by atoms with van der Waals surface area (Å²) in [5.41, 5.74) is 0.646. The van der Waals surface area contributed by atoms with Gasteiger partial charge in [-0.3, -0.25) is 4.79 Å². The molecule has 0 aliphatic carbocycles. The molecule has 1 N–H and O–H groups in total. The summed E-state index contributed by atoms with van der Waals surface area (Å²) in [6.45, 7) is 2.67. The number of hydrogen-bond donors (Lipinski definition) is 1. The summed E-state index contributed by atoms with van der Waals surface area (Å²) < 4.78 is 5.77. The number of para-hydroxylation sites is 1. The van der Waals surface area contributed by atoms with Gasteiger partial charge in [-0.05, 0) is 55.2 Å². The molecule has 0 saturated carbocycles. The smallest absolute Gasteiger partial charge is 0.251 e. The van der Waals surface area contributed by atoms with Crippen LogP contribution in [0.25, 0.3) is 0 Å².